The molecule has 2 N–H and O–H groups in total. The average Bonchev–Trinajstić information content (AvgIpc) is 2.74. The van der Waals surface area contributed by atoms with Gasteiger partial charge in [0.2, 0.25) is 0 Å². The van der Waals surface area contributed by atoms with E-state index in [0.29, 0.717) is 22.6 Å². The van der Waals surface area contributed by atoms with E-state index < -0.39 is 0 Å². The number of carbonyl (C=O) groups is 2. The van der Waals surface area contributed by atoms with Gasteiger partial charge in [-0.25, -0.2) is 0 Å². The number of methoxy groups -OCH3 is 2. The van der Waals surface area contributed by atoms with Crippen molar-refractivity contribution in [3.05, 3.63) is 66.2 Å². The number of hydrogen-bond acceptors (Lipinski definition) is 7. The first-order valence-electron chi connectivity index (χ1n) is 8.31. The Kier molecular flexibility index (Phi) is 9.21. The summed E-state index contributed by atoms with van der Waals surface area (Å²) >= 11 is 0. The van der Waals surface area contributed by atoms with Gasteiger partial charge in [-0.15, -0.1) is 0 Å². The predicted octanol–water partition coefficient (Wildman–Crippen LogP) is 3.47. The molecule has 0 atom stereocenters. The summed E-state index contributed by atoms with van der Waals surface area (Å²) < 4.78 is 10.00. The minimum atomic E-state index is -0.347. The Morgan fingerprint density at radius 1 is 0.862 bits per heavy atom. The second kappa shape index (κ2) is 11.6. The summed E-state index contributed by atoms with van der Waals surface area (Å²) in [5.74, 6) is -0.0832. The molecular weight excluding hydrogens is 374 g/mol. The molecule has 0 saturated carbocycles. The Balaban J connectivity index is 0.00000204. The third-order valence-electron chi connectivity index (χ3n) is 3.68. The van der Waals surface area contributed by atoms with E-state index in [-0.39, 0.29) is 29.5 Å². The second-order valence-corrected chi connectivity index (χ2v) is 5.64. The van der Waals surface area contributed by atoms with Crippen LogP contribution in [-0.4, -0.2) is 36.0 Å². The van der Waals surface area contributed by atoms with Crippen LogP contribution in [0.3, 0.4) is 0 Å². The summed E-state index contributed by atoms with van der Waals surface area (Å²) in [7, 11) is 2.87. The topological polar surface area (TPSA) is 117 Å². The maximum atomic E-state index is 11.9. The molecule has 7 heteroatoms. The van der Waals surface area contributed by atoms with Gasteiger partial charge >= 0.3 is 0 Å². The van der Waals surface area contributed by atoms with Crippen molar-refractivity contribution in [1.82, 2.24) is 0 Å². The lowest BCUT2D eigenvalue weighted by atomic mass is 10.1. The first kappa shape index (κ1) is 23.0. The van der Waals surface area contributed by atoms with Crippen molar-refractivity contribution in [2.45, 2.75) is 6.42 Å². The molecule has 0 aliphatic heterocycles. The fraction of sp³-hybridized carbons (Fsp3) is 0.136. The zero-order chi connectivity index (χ0) is 21.8. The second-order valence-electron chi connectivity index (χ2n) is 5.64. The molecule has 7 nitrogen and oxygen atoms in total. The highest BCUT2D eigenvalue weighted by Gasteiger charge is 2.06. The number of hydrogen-bond donors (Lipinski definition) is 2. The zero-order valence-corrected chi connectivity index (χ0v) is 16.0. The summed E-state index contributed by atoms with van der Waals surface area (Å²) in [5.41, 5.74) is 1.33. The standard InChI is InChI=1S/C21H20O6.CN/c1-26-20-11-14(5-9-18(20)24)3-7-16(22)13-17(23)8-4-15-6-10-19(25)21(12-15)27-2;1-2/h3-12,24-25H,13H2,1-2H3;/q;-1/b7-3+,8-4+;. The van der Waals surface area contributed by atoms with Gasteiger partial charge in [0.1, 0.15) is 0 Å². The van der Waals surface area contributed by atoms with Crippen molar-refractivity contribution in [3.8, 4) is 23.0 Å². The van der Waals surface area contributed by atoms with Crippen LogP contribution >= 0.6 is 0 Å². The summed E-state index contributed by atoms with van der Waals surface area (Å²) in [6.45, 7) is 4.75. The Hall–Kier alpha value is -4.05. The van der Waals surface area contributed by atoms with Crippen LogP contribution in [0.1, 0.15) is 17.5 Å². The van der Waals surface area contributed by atoms with E-state index in [1.165, 1.54) is 38.5 Å². The number of phenolic OH excluding ortho intramolecular Hbond substituents is 2. The molecule has 0 aliphatic rings. The third kappa shape index (κ3) is 7.23. The number of allylic oxidation sites excluding steroid dienone is 2. The molecule has 2 aromatic rings. The first-order valence-corrected chi connectivity index (χ1v) is 8.31. The number of rotatable bonds is 8. The van der Waals surface area contributed by atoms with E-state index in [2.05, 4.69) is 0 Å². The Morgan fingerprint density at radius 2 is 1.24 bits per heavy atom. The Bertz CT molecular complexity index is 870. The van der Waals surface area contributed by atoms with Gasteiger partial charge in [0.05, 0.1) is 20.6 Å². The normalized spacial score (nSPS) is 10.3. The lowest BCUT2D eigenvalue weighted by Crippen LogP contribution is -2.01. The lowest BCUT2D eigenvalue weighted by molar-refractivity contribution is -0.121. The molecule has 0 radical (unpaired) electrons. The van der Waals surface area contributed by atoms with E-state index in [1.807, 2.05) is 0 Å². The maximum absolute atomic E-state index is 11.9. The van der Waals surface area contributed by atoms with Crippen LogP contribution < -0.4 is 9.47 Å². The maximum Gasteiger partial charge on any atom is 0.163 e. The van der Waals surface area contributed by atoms with Crippen molar-refractivity contribution < 1.29 is 29.3 Å². The van der Waals surface area contributed by atoms with Gasteiger partial charge in [-0.05, 0) is 47.5 Å². The molecule has 29 heavy (non-hydrogen) atoms. The van der Waals surface area contributed by atoms with Crippen molar-refractivity contribution >= 4 is 23.7 Å². The van der Waals surface area contributed by atoms with Crippen molar-refractivity contribution in [3.63, 3.8) is 0 Å². The molecule has 150 valence electrons. The largest absolute Gasteiger partial charge is 0.512 e. The van der Waals surface area contributed by atoms with Crippen LogP contribution in [0.25, 0.3) is 12.2 Å². The number of aromatic hydroxyl groups is 2. The van der Waals surface area contributed by atoms with Gasteiger partial charge in [-0.3, -0.25) is 9.59 Å². The van der Waals surface area contributed by atoms with Crippen LogP contribution in [0.4, 0.5) is 0 Å². The van der Waals surface area contributed by atoms with E-state index in [4.69, 9.17) is 21.3 Å². The van der Waals surface area contributed by atoms with Gasteiger partial charge in [0.25, 0.3) is 0 Å². The van der Waals surface area contributed by atoms with Gasteiger partial charge < -0.3 is 31.5 Å². The highest BCUT2D eigenvalue weighted by Crippen LogP contribution is 2.27. The molecule has 0 bridgehead atoms. The number of ether oxygens (including phenoxy) is 2. The van der Waals surface area contributed by atoms with Crippen LogP contribution in [0.15, 0.2) is 48.6 Å². The molecule has 2 aromatic carbocycles. The van der Waals surface area contributed by atoms with Crippen molar-refractivity contribution in [2.24, 2.45) is 0 Å². The van der Waals surface area contributed by atoms with E-state index >= 15 is 0 Å². The zero-order valence-electron chi connectivity index (χ0n) is 16.0. The van der Waals surface area contributed by atoms with E-state index in [9.17, 15) is 19.8 Å². The quantitative estimate of drug-likeness (QED) is 0.400. The van der Waals surface area contributed by atoms with Crippen molar-refractivity contribution in [2.75, 3.05) is 14.2 Å². The molecule has 0 aromatic heterocycles. The summed E-state index contributed by atoms with van der Waals surface area (Å²) in [5, 5.41) is 25.3. The molecule has 0 saturated heterocycles. The molecule has 0 spiro atoms. The average molecular weight is 394 g/mol. The number of nitrogens with zero attached hydrogens (tertiary/aromatic N) is 1. The number of carbonyl (C=O) groups excluding carboxylic acids is 2. The van der Waals surface area contributed by atoms with Crippen molar-refractivity contribution in [1.29, 1.82) is 5.26 Å². The van der Waals surface area contributed by atoms with E-state index in [0.717, 1.165) is 0 Å². The summed E-state index contributed by atoms with van der Waals surface area (Å²) in [6.07, 6.45) is 5.44. The van der Waals surface area contributed by atoms with Crippen LogP contribution in [0.2, 0.25) is 0 Å². The van der Waals surface area contributed by atoms with E-state index in [1.54, 1.807) is 36.4 Å². The van der Waals surface area contributed by atoms with Crippen LogP contribution in [-0.2, 0) is 9.59 Å². The SMILES string of the molecule is COc1cc(/C=C/C(=O)CC(=O)/C=C/c2ccc(O)c(OC)c2)ccc1O.[C-]#N. The molecule has 2 rings (SSSR count). The summed E-state index contributed by atoms with van der Waals surface area (Å²) in [4.78, 5) is 23.9. The molecule has 0 heterocycles. The number of benzene rings is 2. The minimum absolute atomic E-state index is 0.00662. The smallest absolute Gasteiger partial charge is 0.163 e. The van der Waals surface area contributed by atoms with Gasteiger partial charge in [0.15, 0.2) is 34.6 Å². The first-order chi connectivity index (χ1) is 13.9. The fourth-order valence-corrected chi connectivity index (χ4v) is 2.26. The summed E-state index contributed by atoms with van der Waals surface area (Å²) in [6, 6.07) is 9.34. The third-order valence-corrected chi connectivity index (χ3v) is 3.68. The number of phenols is 2. The monoisotopic (exact) mass is 394 g/mol. The predicted molar refractivity (Wildman–Crippen MR) is 107 cm³/mol. The van der Waals surface area contributed by atoms with Gasteiger partial charge in [-0.2, -0.15) is 0 Å². The molecule has 0 fully saturated rings. The Morgan fingerprint density at radius 3 is 1.59 bits per heavy atom. The fourth-order valence-electron chi connectivity index (χ4n) is 2.26. The minimum Gasteiger partial charge on any atom is -0.512 e. The van der Waals surface area contributed by atoms with Crippen LogP contribution in [0.5, 0.6) is 23.0 Å². The van der Waals surface area contributed by atoms with Gasteiger partial charge in [0, 0.05) is 0 Å². The highest BCUT2D eigenvalue weighted by molar-refractivity contribution is 6.10. The van der Waals surface area contributed by atoms with Gasteiger partial charge in [-0.1, -0.05) is 24.3 Å². The Labute approximate surface area is 168 Å². The molecule has 0 aliphatic carbocycles. The highest BCUT2D eigenvalue weighted by atomic mass is 16.5. The molecular formula is C22H20NO6-. The lowest BCUT2D eigenvalue weighted by Gasteiger charge is -2.03. The van der Waals surface area contributed by atoms with Crippen LogP contribution in [0, 0.1) is 11.8 Å². The molecule has 0 unspecified atom stereocenters. The number of ketones is 2. The molecule has 0 amide bonds.